The lowest BCUT2D eigenvalue weighted by molar-refractivity contribution is -0.142. The van der Waals surface area contributed by atoms with Gasteiger partial charge in [0.25, 0.3) is 0 Å². The maximum absolute atomic E-state index is 13.5. The first-order chi connectivity index (χ1) is 8.16. The van der Waals surface area contributed by atoms with Crippen LogP contribution in [0.2, 0.25) is 0 Å². The molecule has 2 atom stereocenters. The number of amides is 1. The van der Waals surface area contributed by atoms with Crippen molar-refractivity contribution in [3.05, 3.63) is 35.6 Å². The van der Waals surface area contributed by atoms with Crippen molar-refractivity contribution < 1.29 is 14.3 Å². The highest BCUT2D eigenvalue weighted by Crippen LogP contribution is 2.49. The smallest absolute Gasteiger partial charge is 0.226 e. The number of rotatable bonds is 2. The second-order valence-electron chi connectivity index (χ2n) is 4.87. The van der Waals surface area contributed by atoms with Crippen molar-refractivity contribution in [2.75, 3.05) is 13.1 Å². The van der Waals surface area contributed by atoms with E-state index in [1.807, 2.05) is 0 Å². The number of benzene rings is 1. The van der Waals surface area contributed by atoms with Gasteiger partial charge in [-0.1, -0.05) is 18.2 Å². The maximum atomic E-state index is 13.5. The van der Waals surface area contributed by atoms with E-state index in [1.165, 1.54) is 6.07 Å². The molecule has 0 spiro atoms. The van der Waals surface area contributed by atoms with Gasteiger partial charge in [0.05, 0.1) is 6.10 Å². The Bertz CT molecular complexity index is 456. The summed E-state index contributed by atoms with van der Waals surface area (Å²) in [4.78, 5) is 13.6. The van der Waals surface area contributed by atoms with Crippen LogP contribution in [0.1, 0.15) is 17.9 Å². The topological polar surface area (TPSA) is 40.5 Å². The number of aliphatic hydroxyl groups excluding tert-OH is 1. The minimum absolute atomic E-state index is 0.0291. The van der Waals surface area contributed by atoms with E-state index in [0.717, 1.165) is 6.42 Å². The number of carbonyl (C=O) groups is 1. The largest absolute Gasteiger partial charge is 0.389 e. The fraction of sp³-hybridized carbons (Fsp3) is 0.462. The molecule has 90 valence electrons. The lowest BCUT2D eigenvalue weighted by Crippen LogP contribution is -2.54. The molecule has 0 aromatic heterocycles. The molecule has 2 fully saturated rings. The van der Waals surface area contributed by atoms with E-state index in [4.69, 9.17) is 5.11 Å². The molecule has 3 rings (SSSR count). The van der Waals surface area contributed by atoms with Gasteiger partial charge >= 0.3 is 0 Å². The highest BCUT2D eigenvalue weighted by Gasteiger charge is 2.48. The van der Waals surface area contributed by atoms with Gasteiger partial charge < -0.3 is 10.0 Å². The number of aliphatic hydroxyl groups is 1. The molecular formula is C13H14FNO2. The molecule has 1 aromatic rings. The Kier molecular flexibility index (Phi) is 2.40. The fourth-order valence-corrected chi connectivity index (χ4v) is 2.46. The van der Waals surface area contributed by atoms with Gasteiger partial charge in [-0.25, -0.2) is 4.39 Å². The van der Waals surface area contributed by atoms with Gasteiger partial charge in [-0.2, -0.15) is 0 Å². The molecule has 0 bridgehead atoms. The van der Waals surface area contributed by atoms with Gasteiger partial charge in [0.2, 0.25) is 5.91 Å². The lowest BCUT2D eigenvalue weighted by Gasteiger charge is -2.36. The summed E-state index contributed by atoms with van der Waals surface area (Å²) in [5.74, 6) is -0.221. The molecule has 4 heteroatoms. The molecule has 1 saturated carbocycles. The summed E-state index contributed by atoms with van der Waals surface area (Å²) in [5.41, 5.74) is 0.645. The van der Waals surface area contributed by atoms with E-state index in [1.54, 1.807) is 23.1 Å². The van der Waals surface area contributed by atoms with Gasteiger partial charge in [-0.05, 0) is 24.0 Å². The van der Waals surface area contributed by atoms with Gasteiger partial charge in [0.1, 0.15) is 5.82 Å². The molecule has 3 nitrogen and oxygen atoms in total. The quantitative estimate of drug-likeness (QED) is 0.834. The second kappa shape index (κ2) is 3.81. The van der Waals surface area contributed by atoms with Crippen LogP contribution in [0.3, 0.4) is 0 Å². The van der Waals surface area contributed by atoms with E-state index >= 15 is 0 Å². The molecule has 1 aromatic carbocycles. The van der Waals surface area contributed by atoms with Gasteiger partial charge in [-0.3, -0.25) is 4.79 Å². The van der Waals surface area contributed by atoms with E-state index in [-0.39, 0.29) is 29.7 Å². The molecule has 1 heterocycles. The highest BCUT2D eigenvalue weighted by molar-refractivity contribution is 5.83. The molecule has 2 aliphatic rings. The van der Waals surface area contributed by atoms with Crippen LogP contribution in [-0.2, 0) is 4.79 Å². The summed E-state index contributed by atoms with van der Waals surface area (Å²) in [5, 5.41) is 9.14. The van der Waals surface area contributed by atoms with E-state index in [2.05, 4.69) is 0 Å². The van der Waals surface area contributed by atoms with Crippen molar-refractivity contribution in [2.24, 2.45) is 5.92 Å². The molecular weight excluding hydrogens is 221 g/mol. The molecule has 17 heavy (non-hydrogen) atoms. The third kappa shape index (κ3) is 1.82. The average molecular weight is 235 g/mol. The number of likely N-dealkylation sites (tertiary alicyclic amines) is 1. The predicted octanol–water partition coefficient (Wildman–Crippen LogP) is 1.13. The van der Waals surface area contributed by atoms with Crippen LogP contribution in [0.5, 0.6) is 0 Å². The number of hydrogen-bond acceptors (Lipinski definition) is 2. The zero-order chi connectivity index (χ0) is 12.0. The van der Waals surface area contributed by atoms with Gasteiger partial charge in [0, 0.05) is 19.0 Å². The van der Waals surface area contributed by atoms with Gasteiger partial charge in [0.15, 0.2) is 0 Å². The summed E-state index contributed by atoms with van der Waals surface area (Å²) >= 11 is 0. The van der Waals surface area contributed by atoms with Crippen LogP contribution in [0.4, 0.5) is 4.39 Å². The van der Waals surface area contributed by atoms with Crippen molar-refractivity contribution in [1.29, 1.82) is 0 Å². The number of halogens is 1. The minimum Gasteiger partial charge on any atom is -0.389 e. The fourth-order valence-electron chi connectivity index (χ4n) is 2.46. The lowest BCUT2D eigenvalue weighted by atomic mass is 10.1. The van der Waals surface area contributed by atoms with Crippen LogP contribution in [0.25, 0.3) is 0 Å². The maximum Gasteiger partial charge on any atom is 0.226 e. The number of hydrogen-bond donors (Lipinski definition) is 1. The minimum atomic E-state index is -0.371. The molecule has 0 radical (unpaired) electrons. The first-order valence-corrected chi connectivity index (χ1v) is 5.88. The third-order valence-corrected chi connectivity index (χ3v) is 3.59. The summed E-state index contributed by atoms with van der Waals surface area (Å²) < 4.78 is 13.5. The Labute approximate surface area is 98.9 Å². The van der Waals surface area contributed by atoms with Gasteiger partial charge in [-0.15, -0.1) is 0 Å². The zero-order valence-electron chi connectivity index (χ0n) is 9.34. The summed E-state index contributed by atoms with van der Waals surface area (Å²) in [6.45, 7) is 0.860. The molecule has 1 amide bonds. The number of β-amino-alcohol motifs (C(OH)–C–C–N with tert-alkyl or cyclic N) is 1. The second-order valence-corrected chi connectivity index (χ2v) is 4.87. The van der Waals surface area contributed by atoms with E-state index < -0.39 is 0 Å². The summed E-state index contributed by atoms with van der Waals surface area (Å²) in [6, 6.07) is 6.64. The van der Waals surface area contributed by atoms with Crippen LogP contribution in [0, 0.1) is 11.7 Å². The molecule has 1 saturated heterocycles. The third-order valence-electron chi connectivity index (χ3n) is 3.59. The monoisotopic (exact) mass is 235 g/mol. The Balaban J connectivity index is 1.67. The highest BCUT2D eigenvalue weighted by atomic mass is 19.1. The molecule has 1 aliphatic carbocycles. The van der Waals surface area contributed by atoms with Crippen LogP contribution in [-0.4, -0.2) is 35.1 Å². The normalized spacial score (nSPS) is 27.8. The Morgan fingerprint density at radius 3 is 2.71 bits per heavy atom. The van der Waals surface area contributed by atoms with Crippen LogP contribution in [0.15, 0.2) is 24.3 Å². The standard InChI is InChI=1S/C13H14FNO2/c14-12-4-2-1-3-9(12)10-5-11(10)13(17)15-6-8(16)7-15/h1-4,8,10-11,16H,5-7H2. The number of nitrogens with zero attached hydrogens (tertiary/aromatic N) is 1. The van der Waals surface area contributed by atoms with Crippen molar-refractivity contribution in [2.45, 2.75) is 18.4 Å². The molecule has 2 unspecified atom stereocenters. The Morgan fingerprint density at radius 1 is 1.35 bits per heavy atom. The van der Waals surface area contributed by atoms with E-state index in [0.29, 0.717) is 18.7 Å². The first kappa shape index (κ1) is 10.7. The first-order valence-electron chi connectivity index (χ1n) is 5.88. The van der Waals surface area contributed by atoms with Crippen molar-refractivity contribution in [1.82, 2.24) is 4.90 Å². The van der Waals surface area contributed by atoms with Crippen LogP contribution >= 0.6 is 0 Å². The SMILES string of the molecule is O=C(C1CC1c1ccccc1F)N1CC(O)C1. The van der Waals surface area contributed by atoms with E-state index in [9.17, 15) is 9.18 Å². The Morgan fingerprint density at radius 2 is 2.06 bits per heavy atom. The molecule has 1 aliphatic heterocycles. The predicted molar refractivity (Wildman–Crippen MR) is 59.8 cm³/mol. The number of carbonyl (C=O) groups excluding carboxylic acids is 1. The van der Waals surface area contributed by atoms with Crippen molar-refractivity contribution in [3.63, 3.8) is 0 Å². The Hall–Kier alpha value is -1.42. The van der Waals surface area contributed by atoms with Crippen molar-refractivity contribution >= 4 is 5.91 Å². The summed E-state index contributed by atoms with van der Waals surface area (Å²) in [7, 11) is 0. The van der Waals surface area contributed by atoms with Crippen molar-refractivity contribution in [3.8, 4) is 0 Å². The zero-order valence-corrected chi connectivity index (χ0v) is 9.34. The summed E-state index contributed by atoms with van der Waals surface area (Å²) in [6.07, 6.45) is 0.358. The molecule has 1 N–H and O–H groups in total. The van der Waals surface area contributed by atoms with Crippen LogP contribution < -0.4 is 0 Å². The average Bonchev–Trinajstić information content (AvgIpc) is 3.04.